The van der Waals surface area contributed by atoms with Gasteiger partial charge in [0.2, 0.25) is 5.17 Å². The Labute approximate surface area is 178 Å². The molecule has 0 aliphatic carbocycles. The number of aromatic nitrogens is 1. The summed E-state index contributed by atoms with van der Waals surface area (Å²) in [5, 5.41) is 15.7. The molecule has 8 heteroatoms. The second-order valence-corrected chi connectivity index (χ2v) is 8.27. The van der Waals surface area contributed by atoms with Crippen LogP contribution in [0.5, 0.6) is 0 Å². The van der Waals surface area contributed by atoms with Crippen molar-refractivity contribution >= 4 is 39.8 Å². The highest BCUT2D eigenvalue weighted by Crippen LogP contribution is 2.31. The van der Waals surface area contributed by atoms with E-state index in [0.717, 1.165) is 41.3 Å². The fourth-order valence-corrected chi connectivity index (χ4v) is 4.48. The molecule has 1 amide bonds. The fraction of sp³-hybridized carbons (Fsp3) is 0.273. The van der Waals surface area contributed by atoms with E-state index >= 15 is 0 Å². The van der Waals surface area contributed by atoms with Gasteiger partial charge in [0, 0.05) is 11.4 Å². The topological polar surface area (TPSA) is 73.8 Å². The second kappa shape index (κ2) is 8.02. The van der Waals surface area contributed by atoms with Crippen LogP contribution in [-0.4, -0.2) is 31.5 Å². The Morgan fingerprint density at radius 2 is 2.03 bits per heavy atom. The number of unbranched alkanes of at least 4 members (excludes halogenated alkanes) is 1. The largest absolute Gasteiger partial charge is 0.315 e. The zero-order valence-corrected chi connectivity index (χ0v) is 17.9. The Bertz CT molecular complexity index is 1140. The van der Waals surface area contributed by atoms with Gasteiger partial charge in [0.15, 0.2) is 5.84 Å². The van der Waals surface area contributed by atoms with E-state index in [1.54, 1.807) is 28.8 Å². The third-order valence-corrected chi connectivity index (χ3v) is 6.07. The summed E-state index contributed by atoms with van der Waals surface area (Å²) in [6.45, 7) is 5.85. The first-order chi connectivity index (χ1) is 14.4. The smallest absolute Gasteiger partial charge is 0.283 e. The number of aryl methyl sites for hydroxylation is 1. The van der Waals surface area contributed by atoms with Crippen LogP contribution in [-0.2, 0) is 4.79 Å². The highest BCUT2D eigenvalue weighted by atomic mass is 32.2. The molecule has 2 aromatic rings. The van der Waals surface area contributed by atoms with Crippen molar-refractivity contribution < 1.29 is 9.18 Å². The summed E-state index contributed by atoms with van der Waals surface area (Å²) in [4.78, 5) is 16.8. The molecule has 1 aromatic heterocycles. The van der Waals surface area contributed by atoms with Crippen molar-refractivity contribution in [2.75, 3.05) is 0 Å². The molecule has 2 aliphatic heterocycles. The van der Waals surface area contributed by atoms with Crippen LogP contribution in [0.1, 0.15) is 43.1 Å². The highest BCUT2D eigenvalue weighted by Gasteiger charge is 2.35. The van der Waals surface area contributed by atoms with E-state index in [1.165, 1.54) is 22.8 Å². The Balaban J connectivity index is 1.70. The number of halogens is 1. The van der Waals surface area contributed by atoms with Gasteiger partial charge in [0.05, 0.1) is 11.3 Å². The number of nitrogens with zero attached hydrogens (tertiary/aromatic N) is 4. The van der Waals surface area contributed by atoms with E-state index in [0.29, 0.717) is 10.9 Å². The summed E-state index contributed by atoms with van der Waals surface area (Å²) in [7, 11) is 0. The number of benzene rings is 1. The molecule has 0 radical (unpaired) electrons. The fourth-order valence-electron chi connectivity index (χ4n) is 3.55. The molecule has 30 heavy (non-hydrogen) atoms. The number of carbonyl (C=O) groups excluding carboxylic acids is 1. The average molecular weight is 424 g/mol. The number of hydrogen-bond donors (Lipinski definition) is 1. The molecule has 0 bridgehead atoms. The third kappa shape index (κ3) is 3.52. The summed E-state index contributed by atoms with van der Waals surface area (Å²) in [6.07, 6.45) is 4.50. The van der Waals surface area contributed by atoms with Gasteiger partial charge in [-0.05, 0) is 68.3 Å². The predicted molar refractivity (Wildman–Crippen MR) is 120 cm³/mol. The van der Waals surface area contributed by atoms with Gasteiger partial charge in [0.1, 0.15) is 10.9 Å². The first kappa shape index (κ1) is 20.3. The average Bonchev–Trinajstić information content (AvgIpc) is 3.24. The molecule has 3 heterocycles. The molecular formula is C22H22FN5OS. The molecule has 1 N–H and O–H groups in total. The molecule has 1 aromatic carbocycles. The molecule has 0 fully saturated rings. The first-order valence-corrected chi connectivity index (χ1v) is 10.6. The number of rotatable bonds is 5. The molecule has 0 unspecified atom stereocenters. The maximum absolute atomic E-state index is 14.3. The van der Waals surface area contributed by atoms with Crippen molar-refractivity contribution in [2.45, 2.75) is 40.0 Å². The van der Waals surface area contributed by atoms with Crippen LogP contribution in [0.4, 0.5) is 4.39 Å². The summed E-state index contributed by atoms with van der Waals surface area (Å²) in [5.74, 6) is -0.765. The van der Waals surface area contributed by atoms with Gasteiger partial charge in [-0.3, -0.25) is 10.2 Å². The quantitative estimate of drug-likeness (QED) is 0.685. The number of hydrazone groups is 1. The van der Waals surface area contributed by atoms with Crippen LogP contribution in [0.15, 0.2) is 46.0 Å². The van der Waals surface area contributed by atoms with E-state index < -0.39 is 5.91 Å². The first-order valence-electron chi connectivity index (χ1n) is 9.83. The standard InChI is InChI=1S/C22H22FN5OS/c1-4-5-10-19-26-28-20(24)16(21(29)25-22(28)30-19)12-15-11-13(2)27(14(15)3)18-9-7-6-8-17(18)23/h6-9,11-12,24H,4-5,10H2,1-3H3/b16-12+,24-20?. The minimum absolute atomic E-state index is 0.0136. The number of amides is 1. The molecule has 0 saturated heterocycles. The SMILES string of the molecule is CCCCC1=NN2C(=N)/C(=C\c3cc(C)n(-c4ccccc4F)c3C)C(=O)N=C2S1. The van der Waals surface area contributed by atoms with Crippen LogP contribution in [0.25, 0.3) is 11.8 Å². The Kier molecular flexibility index (Phi) is 5.42. The maximum atomic E-state index is 14.3. The molecular weight excluding hydrogens is 401 g/mol. The zero-order valence-electron chi connectivity index (χ0n) is 17.1. The lowest BCUT2D eigenvalue weighted by atomic mass is 10.1. The predicted octanol–water partition coefficient (Wildman–Crippen LogP) is 5.04. The van der Waals surface area contributed by atoms with Crippen LogP contribution in [0.2, 0.25) is 0 Å². The van der Waals surface area contributed by atoms with Gasteiger partial charge in [-0.25, -0.2) is 4.39 Å². The number of amidine groups is 2. The lowest BCUT2D eigenvalue weighted by molar-refractivity contribution is -0.114. The van der Waals surface area contributed by atoms with E-state index in [1.807, 2.05) is 19.9 Å². The number of thioether (sulfide) groups is 1. The Hall–Kier alpha value is -3.00. The molecule has 0 saturated carbocycles. The molecule has 2 aliphatic rings. The van der Waals surface area contributed by atoms with E-state index in [2.05, 4.69) is 17.0 Å². The third-order valence-electron chi connectivity index (χ3n) is 5.10. The van der Waals surface area contributed by atoms with Crippen molar-refractivity contribution in [2.24, 2.45) is 10.1 Å². The normalized spacial score (nSPS) is 17.5. The minimum Gasteiger partial charge on any atom is -0.315 e. The molecule has 154 valence electrons. The lowest BCUT2D eigenvalue weighted by Crippen LogP contribution is -2.35. The van der Waals surface area contributed by atoms with E-state index in [4.69, 9.17) is 5.41 Å². The van der Waals surface area contributed by atoms with Gasteiger partial charge in [0.25, 0.3) is 5.91 Å². The summed E-state index contributed by atoms with van der Waals surface area (Å²) in [5.41, 5.74) is 2.98. The van der Waals surface area contributed by atoms with Crippen molar-refractivity contribution in [3.63, 3.8) is 0 Å². The number of carbonyl (C=O) groups is 1. The maximum Gasteiger partial charge on any atom is 0.283 e. The van der Waals surface area contributed by atoms with Gasteiger partial charge in [-0.1, -0.05) is 25.5 Å². The van der Waals surface area contributed by atoms with Crippen LogP contribution >= 0.6 is 11.8 Å². The van der Waals surface area contributed by atoms with Crippen LogP contribution in [0.3, 0.4) is 0 Å². The van der Waals surface area contributed by atoms with Crippen molar-refractivity contribution in [1.29, 1.82) is 5.41 Å². The summed E-state index contributed by atoms with van der Waals surface area (Å²) in [6, 6.07) is 8.44. The number of para-hydroxylation sites is 1. The number of aliphatic imine (C=N–C) groups is 1. The number of nitrogens with one attached hydrogen (secondary N) is 1. The van der Waals surface area contributed by atoms with Gasteiger partial charge >= 0.3 is 0 Å². The van der Waals surface area contributed by atoms with Crippen molar-refractivity contribution in [3.05, 3.63) is 58.7 Å². The highest BCUT2D eigenvalue weighted by molar-refractivity contribution is 8.26. The molecule has 0 atom stereocenters. The minimum atomic E-state index is -0.457. The number of fused-ring (bicyclic) bond motifs is 1. The summed E-state index contributed by atoms with van der Waals surface area (Å²) >= 11 is 1.35. The summed E-state index contributed by atoms with van der Waals surface area (Å²) < 4.78 is 16.1. The monoisotopic (exact) mass is 423 g/mol. The van der Waals surface area contributed by atoms with Gasteiger partial charge in [-0.15, -0.1) is 0 Å². The van der Waals surface area contributed by atoms with Gasteiger partial charge < -0.3 is 4.57 Å². The van der Waals surface area contributed by atoms with E-state index in [-0.39, 0.29) is 17.2 Å². The van der Waals surface area contributed by atoms with Gasteiger partial charge in [-0.2, -0.15) is 15.1 Å². The van der Waals surface area contributed by atoms with Crippen molar-refractivity contribution in [1.82, 2.24) is 9.58 Å². The Morgan fingerprint density at radius 1 is 1.27 bits per heavy atom. The van der Waals surface area contributed by atoms with E-state index in [9.17, 15) is 9.18 Å². The number of hydrogen-bond acceptors (Lipinski definition) is 4. The van der Waals surface area contributed by atoms with Crippen molar-refractivity contribution in [3.8, 4) is 5.69 Å². The second-order valence-electron chi connectivity index (χ2n) is 7.23. The van der Waals surface area contributed by atoms with Crippen LogP contribution < -0.4 is 0 Å². The lowest BCUT2D eigenvalue weighted by Gasteiger charge is -2.20. The molecule has 6 nitrogen and oxygen atoms in total. The van der Waals surface area contributed by atoms with Crippen LogP contribution in [0, 0.1) is 25.1 Å². The Morgan fingerprint density at radius 3 is 2.77 bits per heavy atom. The molecule has 4 rings (SSSR count). The molecule has 0 spiro atoms. The zero-order chi connectivity index (χ0) is 21.4.